The van der Waals surface area contributed by atoms with Crippen molar-refractivity contribution in [2.75, 3.05) is 0 Å². The predicted octanol–water partition coefficient (Wildman–Crippen LogP) is 7.79. The molecule has 0 saturated carbocycles. The zero-order chi connectivity index (χ0) is 25.6. The molecule has 3 rings (SSSR count). The number of hydrogen-bond acceptors (Lipinski definition) is 2. The van der Waals surface area contributed by atoms with Gasteiger partial charge in [-0.05, 0) is 61.1 Å². The van der Waals surface area contributed by atoms with Gasteiger partial charge in [0.15, 0.2) is 6.29 Å². The lowest BCUT2D eigenvalue weighted by atomic mass is 9.94. The zero-order valence-corrected chi connectivity index (χ0v) is 22.6. The van der Waals surface area contributed by atoms with Crippen molar-refractivity contribution < 1.29 is 4.79 Å². The number of carbonyl (C=O) groups is 1. The average molecular weight is 491 g/mol. The maximum absolute atomic E-state index is 13.7. The molecule has 0 aliphatic rings. The van der Waals surface area contributed by atoms with Crippen molar-refractivity contribution in [2.24, 2.45) is 0 Å². The van der Waals surface area contributed by atoms with Crippen molar-refractivity contribution in [3.05, 3.63) is 69.1 Å². The van der Waals surface area contributed by atoms with Crippen LogP contribution in [-0.2, 0) is 6.42 Å². The molecule has 0 spiro atoms. The number of hydrogen-bond donors (Lipinski definition) is 1. The van der Waals surface area contributed by atoms with Crippen molar-refractivity contribution >= 4 is 17.4 Å². The van der Waals surface area contributed by atoms with E-state index in [1.807, 2.05) is 36.7 Å². The SMILES string of the molecule is CCCCCCCCC/C(c1ccc[nH]1)=c1/c(C=O)c(CCCCCCCCC)c2cccn2c1=O. The number of pyridine rings is 1. The molecule has 36 heavy (non-hydrogen) atoms. The molecular formula is C32H46N2O2. The second-order valence-corrected chi connectivity index (χ2v) is 10.3. The first-order chi connectivity index (χ1) is 17.7. The summed E-state index contributed by atoms with van der Waals surface area (Å²) in [6.07, 6.45) is 23.5. The predicted molar refractivity (Wildman–Crippen MR) is 152 cm³/mol. The van der Waals surface area contributed by atoms with Crippen LogP contribution in [0.4, 0.5) is 0 Å². The molecular weight excluding hydrogens is 444 g/mol. The van der Waals surface area contributed by atoms with E-state index in [1.165, 1.54) is 64.2 Å². The molecule has 0 bridgehead atoms. The summed E-state index contributed by atoms with van der Waals surface area (Å²) in [4.78, 5) is 29.6. The maximum atomic E-state index is 13.7. The fraction of sp³-hybridized carbons (Fsp3) is 0.562. The lowest BCUT2D eigenvalue weighted by Crippen LogP contribution is -2.37. The number of nitrogens with zero attached hydrogens (tertiary/aromatic N) is 1. The van der Waals surface area contributed by atoms with Crippen LogP contribution in [-0.4, -0.2) is 15.7 Å². The van der Waals surface area contributed by atoms with Crippen LogP contribution < -0.4 is 10.8 Å². The van der Waals surface area contributed by atoms with E-state index >= 15 is 0 Å². The van der Waals surface area contributed by atoms with Gasteiger partial charge in [0.1, 0.15) is 0 Å². The van der Waals surface area contributed by atoms with Gasteiger partial charge in [0.25, 0.3) is 5.56 Å². The Bertz CT molecular complexity index is 1160. The third-order valence-electron chi connectivity index (χ3n) is 7.49. The lowest BCUT2D eigenvalue weighted by molar-refractivity contribution is 0.112. The number of fused-ring (bicyclic) bond motifs is 1. The molecule has 0 unspecified atom stereocenters. The molecule has 0 atom stereocenters. The molecule has 0 saturated heterocycles. The number of rotatable bonds is 18. The first-order valence-corrected chi connectivity index (χ1v) is 14.5. The minimum atomic E-state index is -0.0760. The summed E-state index contributed by atoms with van der Waals surface area (Å²) in [7, 11) is 0. The highest BCUT2D eigenvalue weighted by Crippen LogP contribution is 2.21. The number of nitrogens with one attached hydrogen (secondary N) is 1. The summed E-state index contributed by atoms with van der Waals surface area (Å²) < 4.78 is 1.76. The van der Waals surface area contributed by atoms with E-state index in [0.29, 0.717) is 10.8 Å². The van der Waals surface area contributed by atoms with Crippen LogP contribution in [0.15, 0.2) is 41.5 Å². The number of H-pyrrole nitrogens is 1. The maximum Gasteiger partial charge on any atom is 0.263 e. The molecule has 0 aromatic carbocycles. The van der Waals surface area contributed by atoms with Crippen LogP contribution in [0.25, 0.3) is 11.1 Å². The summed E-state index contributed by atoms with van der Waals surface area (Å²) in [6.45, 7) is 4.49. The number of aldehydes is 1. The van der Waals surface area contributed by atoms with Gasteiger partial charge in [-0.3, -0.25) is 14.0 Å². The van der Waals surface area contributed by atoms with Crippen LogP contribution in [0, 0.1) is 0 Å². The van der Waals surface area contributed by atoms with Gasteiger partial charge in [-0.25, -0.2) is 0 Å². The van der Waals surface area contributed by atoms with Crippen molar-refractivity contribution in [1.29, 1.82) is 0 Å². The Kier molecular flexibility index (Phi) is 12.0. The number of unbranched alkanes of at least 4 members (excludes halogenated alkanes) is 12. The molecule has 0 aliphatic carbocycles. The van der Waals surface area contributed by atoms with E-state index < -0.39 is 0 Å². The summed E-state index contributed by atoms with van der Waals surface area (Å²) in [6, 6.07) is 7.91. The molecule has 3 heterocycles. The van der Waals surface area contributed by atoms with Gasteiger partial charge in [-0.15, -0.1) is 0 Å². The van der Waals surface area contributed by atoms with E-state index in [4.69, 9.17) is 0 Å². The second kappa shape index (κ2) is 15.5. The van der Waals surface area contributed by atoms with Crippen molar-refractivity contribution in [3.8, 4) is 0 Å². The topological polar surface area (TPSA) is 54.3 Å². The van der Waals surface area contributed by atoms with Gasteiger partial charge in [-0.1, -0.05) is 90.9 Å². The van der Waals surface area contributed by atoms with Crippen LogP contribution in [0.1, 0.15) is 132 Å². The third kappa shape index (κ3) is 7.44. The van der Waals surface area contributed by atoms with Crippen LogP contribution >= 0.6 is 0 Å². The van der Waals surface area contributed by atoms with Gasteiger partial charge in [0, 0.05) is 23.7 Å². The molecule has 4 nitrogen and oxygen atoms in total. The number of carbonyl (C=O) groups excluding carboxylic acids is 1. The second-order valence-electron chi connectivity index (χ2n) is 10.3. The highest BCUT2D eigenvalue weighted by molar-refractivity contribution is 5.84. The zero-order valence-electron chi connectivity index (χ0n) is 22.6. The van der Waals surface area contributed by atoms with Crippen molar-refractivity contribution in [3.63, 3.8) is 0 Å². The Morgan fingerprint density at radius 2 is 1.47 bits per heavy atom. The molecule has 3 aromatic rings. The molecule has 0 amide bonds. The van der Waals surface area contributed by atoms with Gasteiger partial charge < -0.3 is 4.98 Å². The molecule has 1 N–H and O–H groups in total. The van der Waals surface area contributed by atoms with E-state index in [0.717, 1.165) is 67.2 Å². The molecule has 4 heteroatoms. The molecule has 3 aromatic heterocycles. The third-order valence-corrected chi connectivity index (χ3v) is 7.49. The average Bonchev–Trinajstić information content (AvgIpc) is 3.60. The Morgan fingerprint density at radius 1 is 0.833 bits per heavy atom. The number of aromatic amines is 1. The first-order valence-electron chi connectivity index (χ1n) is 14.5. The quantitative estimate of drug-likeness (QED) is 0.146. The number of aromatic nitrogens is 2. The van der Waals surface area contributed by atoms with Crippen LogP contribution in [0.5, 0.6) is 0 Å². The highest BCUT2D eigenvalue weighted by Gasteiger charge is 2.17. The molecule has 0 aliphatic heterocycles. The summed E-state index contributed by atoms with van der Waals surface area (Å²) >= 11 is 0. The lowest BCUT2D eigenvalue weighted by Gasteiger charge is -2.13. The van der Waals surface area contributed by atoms with E-state index in [9.17, 15) is 9.59 Å². The Labute approximate surface area is 217 Å². The Balaban J connectivity index is 1.91. The van der Waals surface area contributed by atoms with Gasteiger partial charge in [-0.2, -0.15) is 0 Å². The van der Waals surface area contributed by atoms with E-state index in [2.05, 4.69) is 18.8 Å². The number of aryl methyl sites for hydroxylation is 1. The smallest absolute Gasteiger partial charge is 0.263 e. The fourth-order valence-electron chi connectivity index (χ4n) is 5.44. The van der Waals surface area contributed by atoms with Gasteiger partial charge in [0.2, 0.25) is 0 Å². The Hall–Kier alpha value is -2.62. The van der Waals surface area contributed by atoms with E-state index in [-0.39, 0.29) is 5.56 Å². The normalized spacial score (nSPS) is 12.4. The van der Waals surface area contributed by atoms with E-state index in [1.54, 1.807) is 4.40 Å². The van der Waals surface area contributed by atoms with Gasteiger partial charge in [0.05, 0.1) is 10.7 Å². The minimum absolute atomic E-state index is 0.0760. The van der Waals surface area contributed by atoms with Gasteiger partial charge >= 0.3 is 0 Å². The summed E-state index contributed by atoms with van der Waals surface area (Å²) in [5.41, 5.74) is 4.38. The minimum Gasteiger partial charge on any atom is -0.361 e. The van der Waals surface area contributed by atoms with Crippen molar-refractivity contribution in [2.45, 2.75) is 117 Å². The summed E-state index contributed by atoms with van der Waals surface area (Å²) in [5.74, 6) is 0. The first kappa shape index (κ1) is 28.0. The fourth-order valence-corrected chi connectivity index (χ4v) is 5.44. The van der Waals surface area contributed by atoms with Crippen LogP contribution in [0.3, 0.4) is 0 Å². The molecule has 0 fully saturated rings. The molecule has 0 radical (unpaired) electrons. The monoisotopic (exact) mass is 490 g/mol. The highest BCUT2D eigenvalue weighted by atomic mass is 16.1. The summed E-state index contributed by atoms with van der Waals surface area (Å²) in [5, 5.41) is 0.597. The van der Waals surface area contributed by atoms with Crippen molar-refractivity contribution in [1.82, 2.24) is 9.38 Å². The Morgan fingerprint density at radius 3 is 2.08 bits per heavy atom. The molecule has 196 valence electrons. The standard InChI is InChI=1S/C32H46N2O2/c1-3-5-7-9-11-13-15-19-26-28(25-35)31(32(36)34-24-18-22-30(26)34)27(29-21-17-23-33-29)20-16-14-12-10-8-6-4-2/h17-18,21-25,33H,3-16,19-20H2,1-2H3/b31-27+. The van der Waals surface area contributed by atoms with Crippen LogP contribution in [0.2, 0.25) is 0 Å². The largest absolute Gasteiger partial charge is 0.361 e.